The summed E-state index contributed by atoms with van der Waals surface area (Å²) in [7, 11) is 0. The van der Waals surface area contributed by atoms with Gasteiger partial charge in [-0.1, -0.05) is 0 Å². The van der Waals surface area contributed by atoms with Crippen molar-refractivity contribution >= 4 is 11.9 Å². The van der Waals surface area contributed by atoms with E-state index in [1.807, 2.05) is 13.8 Å². The number of nitrogens with one attached hydrogen (secondary N) is 1. The van der Waals surface area contributed by atoms with Crippen LogP contribution in [0.3, 0.4) is 0 Å². The maximum Gasteiger partial charge on any atom is 0.303 e. The van der Waals surface area contributed by atoms with Crippen molar-refractivity contribution in [3.8, 4) is 0 Å². The highest BCUT2D eigenvalue weighted by molar-refractivity contribution is 5.76. The van der Waals surface area contributed by atoms with Crippen molar-refractivity contribution in [3.63, 3.8) is 0 Å². The van der Waals surface area contributed by atoms with Crippen molar-refractivity contribution in [3.05, 3.63) is 0 Å². The number of rotatable bonds is 10. The lowest BCUT2D eigenvalue weighted by Crippen LogP contribution is -2.35. The Hall–Kier alpha value is -1.14. The molecule has 1 amide bonds. The van der Waals surface area contributed by atoms with Crippen molar-refractivity contribution in [2.75, 3.05) is 19.8 Å². The third-order valence-electron chi connectivity index (χ3n) is 1.97. The van der Waals surface area contributed by atoms with Crippen molar-refractivity contribution in [2.45, 2.75) is 39.4 Å². The number of hydrogen-bond acceptors (Lipinski definition) is 4. The lowest BCUT2D eigenvalue weighted by atomic mass is 10.2. The smallest absolute Gasteiger partial charge is 0.303 e. The number of carbonyl (C=O) groups is 2. The first-order chi connectivity index (χ1) is 8.10. The highest BCUT2D eigenvalue weighted by Gasteiger charge is 2.10. The molecule has 0 rings (SSSR count). The summed E-state index contributed by atoms with van der Waals surface area (Å²) >= 11 is 0. The van der Waals surface area contributed by atoms with Gasteiger partial charge in [-0.05, 0) is 20.3 Å². The van der Waals surface area contributed by atoms with E-state index < -0.39 is 12.3 Å². The topological polar surface area (TPSA) is 84.9 Å². The van der Waals surface area contributed by atoms with Gasteiger partial charge in [-0.25, -0.2) is 0 Å². The van der Waals surface area contributed by atoms with Crippen LogP contribution in [0.5, 0.6) is 0 Å². The molecule has 6 heteroatoms. The molecule has 0 aromatic heterocycles. The molecule has 0 fully saturated rings. The summed E-state index contributed by atoms with van der Waals surface area (Å²) in [4.78, 5) is 21.6. The normalized spacial score (nSPS) is 10.5. The van der Waals surface area contributed by atoms with Gasteiger partial charge >= 0.3 is 5.97 Å². The van der Waals surface area contributed by atoms with Crippen LogP contribution in [-0.4, -0.2) is 43.0 Å². The molecule has 2 N–H and O–H groups in total. The van der Waals surface area contributed by atoms with Gasteiger partial charge < -0.3 is 19.9 Å². The number of aliphatic carboxylic acids is 1. The van der Waals surface area contributed by atoms with Crippen molar-refractivity contribution < 1.29 is 24.2 Å². The van der Waals surface area contributed by atoms with Gasteiger partial charge in [0.05, 0.1) is 6.54 Å². The molecule has 6 nitrogen and oxygen atoms in total. The molecule has 100 valence electrons. The fourth-order valence-corrected chi connectivity index (χ4v) is 1.22. The Balaban J connectivity index is 3.68. The molecule has 0 aromatic rings. The number of carbonyl (C=O) groups excluding carboxylic acids is 1. The van der Waals surface area contributed by atoms with E-state index in [9.17, 15) is 9.59 Å². The third-order valence-corrected chi connectivity index (χ3v) is 1.97. The molecule has 0 bridgehead atoms. The second-order valence-electron chi connectivity index (χ2n) is 3.39. The van der Waals surface area contributed by atoms with Gasteiger partial charge in [0.2, 0.25) is 5.91 Å². The molecule has 0 saturated heterocycles. The van der Waals surface area contributed by atoms with E-state index in [-0.39, 0.29) is 25.3 Å². The summed E-state index contributed by atoms with van der Waals surface area (Å²) in [5.41, 5.74) is 0. The number of carboxylic acid groups (broad SMARTS) is 1. The molecular formula is C11H21NO5. The molecule has 0 aliphatic rings. The van der Waals surface area contributed by atoms with E-state index in [0.29, 0.717) is 19.6 Å². The maximum absolute atomic E-state index is 11.3. The minimum Gasteiger partial charge on any atom is -0.481 e. The van der Waals surface area contributed by atoms with Gasteiger partial charge in [-0.3, -0.25) is 9.59 Å². The molecule has 0 saturated carbocycles. The molecule has 0 atom stereocenters. The van der Waals surface area contributed by atoms with Gasteiger partial charge in [0.15, 0.2) is 6.29 Å². The van der Waals surface area contributed by atoms with Crippen LogP contribution in [-0.2, 0) is 19.1 Å². The van der Waals surface area contributed by atoms with E-state index in [2.05, 4.69) is 5.32 Å². The van der Waals surface area contributed by atoms with E-state index in [1.165, 1.54) is 0 Å². The van der Waals surface area contributed by atoms with Gasteiger partial charge in [0, 0.05) is 26.1 Å². The molecule has 0 radical (unpaired) electrons. The van der Waals surface area contributed by atoms with Gasteiger partial charge in [0.25, 0.3) is 0 Å². The molecule has 0 aliphatic heterocycles. The molecule has 17 heavy (non-hydrogen) atoms. The monoisotopic (exact) mass is 247 g/mol. The lowest BCUT2D eigenvalue weighted by Gasteiger charge is -2.17. The standard InChI is InChI=1S/C11H21NO5/c1-3-16-11(17-4-2)8-12-9(13)6-5-7-10(14)15/h11H,3-8H2,1-2H3,(H,12,13)(H,14,15). The number of amides is 1. The fraction of sp³-hybridized carbons (Fsp3) is 0.818. The summed E-state index contributed by atoms with van der Waals surface area (Å²) in [6.07, 6.45) is 0.119. The lowest BCUT2D eigenvalue weighted by molar-refractivity contribution is -0.141. The van der Waals surface area contributed by atoms with Crippen LogP contribution in [0.1, 0.15) is 33.1 Å². The quantitative estimate of drug-likeness (QED) is 0.557. The molecule has 0 aromatic carbocycles. The largest absolute Gasteiger partial charge is 0.481 e. The fourth-order valence-electron chi connectivity index (χ4n) is 1.22. The van der Waals surface area contributed by atoms with Crippen LogP contribution in [0.2, 0.25) is 0 Å². The van der Waals surface area contributed by atoms with Gasteiger partial charge in [-0.15, -0.1) is 0 Å². The van der Waals surface area contributed by atoms with Crippen LogP contribution in [0, 0.1) is 0 Å². The number of ether oxygens (including phenoxy) is 2. The van der Waals surface area contributed by atoms with E-state index in [4.69, 9.17) is 14.6 Å². The minimum atomic E-state index is -0.890. The second-order valence-corrected chi connectivity index (χ2v) is 3.39. The number of hydrogen-bond donors (Lipinski definition) is 2. The summed E-state index contributed by atoms with van der Waals surface area (Å²) < 4.78 is 10.5. The predicted molar refractivity (Wildman–Crippen MR) is 61.5 cm³/mol. The number of carboxylic acids is 1. The van der Waals surface area contributed by atoms with E-state index >= 15 is 0 Å². The maximum atomic E-state index is 11.3. The van der Waals surface area contributed by atoms with Crippen LogP contribution in [0.15, 0.2) is 0 Å². The Morgan fingerprint density at radius 1 is 1.18 bits per heavy atom. The molecule has 0 aliphatic carbocycles. The van der Waals surface area contributed by atoms with Crippen LogP contribution >= 0.6 is 0 Å². The van der Waals surface area contributed by atoms with Crippen molar-refractivity contribution in [1.82, 2.24) is 5.32 Å². The Morgan fingerprint density at radius 3 is 2.24 bits per heavy atom. The minimum absolute atomic E-state index is 0.00771. The van der Waals surface area contributed by atoms with Crippen LogP contribution < -0.4 is 5.32 Å². The highest BCUT2D eigenvalue weighted by atomic mass is 16.7. The Bertz CT molecular complexity index is 226. The van der Waals surface area contributed by atoms with Crippen molar-refractivity contribution in [1.29, 1.82) is 0 Å². The molecule has 0 unspecified atom stereocenters. The summed E-state index contributed by atoms with van der Waals surface area (Å²) in [5.74, 6) is -1.07. The van der Waals surface area contributed by atoms with Crippen molar-refractivity contribution in [2.24, 2.45) is 0 Å². The third kappa shape index (κ3) is 9.77. The first kappa shape index (κ1) is 15.9. The van der Waals surface area contributed by atoms with E-state index in [1.54, 1.807) is 0 Å². The van der Waals surface area contributed by atoms with E-state index in [0.717, 1.165) is 0 Å². The first-order valence-electron chi connectivity index (χ1n) is 5.81. The Kier molecular flexibility index (Phi) is 9.37. The SMILES string of the molecule is CCOC(CNC(=O)CCCC(=O)O)OCC. The summed E-state index contributed by atoms with van der Waals surface area (Å²) in [6.45, 7) is 5.01. The zero-order valence-corrected chi connectivity index (χ0v) is 10.4. The Labute approximate surface area is 101 Å². The first-order valence-corrected chi connectivity index (χ1v) is 5.81. The van der Waals surface area contributed by atoms with Gasteiger partial charge in [-0.2, -0.15) is 0 Å². The molecular weight excluding hydrogens is 226 g/mol. The molecule has 0 heterocycles. The van der Waals surface area contributed by atoms with Crippen LogP contribution in [0.4, 0.5) is 0 Å². The average Bonchev–Trinajstić information content (AvgIpc) is 2.26. The second kappa shape index (κ2) is 10.0. The summed E-state index contributed by atoms with van der Waals surface area (Å²) in [6, 6.07) is 0. The molecule has 0 spiro atoms. The zero-order valence-electron chi connectivity index (χ0n) is 10.4. The average molecular weight is 247 g/mol. The predicted octanol–water partition coefficient (Wildman–Crippen LogP) is 0.757. The Morgan fingerprint density at radius 2 is 1.76 bits per heavy atom. The van der Waals surface area contributed by atoms with Gasteiger partial charge in [0.1, 0.15) is 0 Å². The van der Waals surface area contributed by atoms with Crippen LogP contribution in [0.25, 0.3) is 0 Å². The summed E-state index contributed by atoms with van der Waals surface area (Å²) in [5, 5.41) is 11.1. The zero-order chi connectivity index (χ0) is 13.1. The highest BCUT2D eigenvalue weighted by Crippen LogP contribution is 1.97.